The number of rotatable bonds is 3. The third-order valence-corrected chi connectivity index (χ3v) is 3.22. The minimum Gasteiger partial charge on any atom is -0.477 e. The number of hydrogen-bond donors (Lipinski definition) is 2. The number of carbonyl (C=O) groups excluding carboxylic acids is 1. The van der Waals surface area contributed by atoms with Gasteiger partial charge in [0.1, 0.15) is 5.69 Å². The van der Waals surface area contributed by atoms with E-state index in [1.807, 2.05) is 6.07 Å². The molecule has 6 nitrogen and oxygen atoms in total. The summed E-state index contributed by atoms with van der Waals surface area (Å²) in [6, 6.07) is 8.24. The molecule has 0 spiro atoms. The number of aromatic nitrogens is 1. The molecule has 2 aromatic rings. The first-order valence-electron chi connectivity index (χ1n) is 6.34. The van der Waals surface area contributed by atoms with E-state index in [1.54, 1.807) is 18.2 Å². The minimum atomic E-state index is -1.14. The summed E-state index contributed by atoms with van der Waals surface area (Å²) >= 11 is 0. The van der Waals surface area contributed by atoms with E-state index in [0.717, 1.165) is 11.1 Å². The van der Waals surface area contributed by atoms with Crippen LogP contribution in [0.4, 0.5) is 5.69 Å². The predicted octanol–water partition coefficient (Wildman–Crippen LogP) is 2.06. The zero-order valence-electron chi connectivity index (χ0n) is 11.0. The van der Waals surface area contributed by atoms with Gasteiger partial charge in [-0.25, -0.2) is 9.78 Å². The lowest BCUT2D eigenvalue weighted by molar-refractivity contribution is 0.0690. The third kappa shape index (κ3) is 2.75. The number of hydrogen-bond acceptors (Lipinski definition) is 4. The van der Waals surface area contributed by atoms with Crippen molar-refractivity contribution in [1.82, 2.24) is 4.98 Å². The van der Waals surface area contributed by atoms with Gasteiger partial charge in [0, 0.05) is 17.4 Å². The number of carboxylic acids is 1. The summed E-state index contributed by atoms with van der Waals surface area (Å²) < 4.78 is 5.30. The van der Waals surface area contributed by atoms with E-state index < -0.39 is 5.97 Å². The lowest BCUT2D eigenvalue weighted by Crippen LogP contribution is -2.13. The number of amides is 1. The zero-order chi connectivity index (χ0) is 14.8. The molecule has 106 valence electrons. The largest absolute Gasteiger partial charge is 0.477 e. The van der Waals surface area contributed by atoms with Gasteiger partial charge in [-0.3, -0.25) is 4.79 Å². The number of anilines is 1. The Morgan fingerprint density at radius 3 is 2.76 bits per heavy atom. The van der Waals surface area contributed by atoms with Crippen molar-refractivity contribution < 1.29 is 19.4 Å². The first kappa shape index (κ1) is 13.3. The molecular weight excluding hydrogens is 272 g/mol. The van der Waals surface area contributed by atoms with E-state index >= 15 is 0 Å². The van der Waals surface area contributed by atoms with Gasteiger partial charge in [0.2, 0.25) is 0 Å². The van der Waals surface area contributed by atoms with Crippen LogP contribution in [0.15, 0.2) is 36.5 Å². The van der Waals surface area contributed by atoms with Crippen molar-refractivity contribution in [2.24, 2.45) is 0 Å². The van der Waals surface area contributed by atoms with Crippen LogP contribution in [0, 0.1) is 0 Å². The summed E-state index contributed by atoms with van der Waals surface area (Å²) in [7, 11) is 0. The molecule has 1 aromatic carbocycles. The Kier molecular flexibility index (Phi) is 3.37. The number of carbonyl (C=O) groups is 2. The molecule has 0 fully saturated rings. The molecule has 1 amide bonds. The average Bonchev–Trinajstić information content (AvgIpc) is 2.94. The number of nitrogens with one attached hydrogen (secondary N) is 1. The maximum Gasteiger partial charge on any atom is 0.354 e. The highest BCUT2D eigenvalue weighted by atomic mass is 16.5. The molecule has 21 heavy (non-hydrogen) atoms. The predicted molar refractivity (Wildman–Crippen MR) is 74.1 cm³/mol. The smallest absolute Gasteiger partial charge is 0.354 e. The van der Waals surface area contributed by atoms with E-state index in [4.69, 9.17) is 9.84 Å². The molecule has 0 bridgehead atoms. The van der Waals surface area contributed by atoms with Gasteiger partial charge in [0.25, 0.3) is 5.91 Å². The molecule has 1 aliphatic rings. The molecule has 2 heterocycles. The van der Waals surface area contributed by atoms with E-state index in [0.29, 0.717) is 24.5 Å². The second-order valence-electron chi connectivity index (χ2n) is 4.67. The minimum absolute atomic E-state index is 0.116. The Balaban J connectivity index is 1.80. The molecule has 6 heteroatoms. The molecule has 2 N–H and O–H groups in total. The van der Waals surface area contributed by atoms with Gasteiger partial charge >= 0.3 is 5.97 Å². The van der Waals surface area contributed by atoms with Crippen molar-refractivity contribution in [3.63, 3.8) is 0 Å². The molecule has 0 unspecified atom stereocenters. The Morgan fingerprint density at radius 1 is 1.14 bits per heavy atom. The maximum atomic E-state index is 12.2. The maximum absolute atomic E-state index is 12.2. The summed E-state index contributed by atoms with van der Waals surface area (Å²) in [6.07, 6.45) is 1.34. The second kappa shape index (κ2) is 5.34. The van der Waals surface area contributed by atoms with Crippen LogP contribution in [-0.4, -0.2) is 22.0 Å². The first-order chi connectivity index (χ1) is 10.1. The molecule has 0 radical (unpaired) electrons. The van der Waals surface area contributed by atoms with Crippen LogP contribution >= 0.6 is 0 Å². The highest BCUT2D eigenvalue weighted by Crippen LogP contribution is 2.21. The normalized spacial score (nSPS) is 12.8. The summed E-state index contributed by atoms with van der Waals surface area (Å²) in [5.41, 5.74) is 2.87. The molecule has 0 saturated carbocycles. The first-order valence-corrected chi connectivity index (χ1v) is 6.34. The van der Waals surface area contributed by atoms with Crippen LogP contribution in [0.1, 0.15) is 32.0 Å². The summed E-state index contributed by atoms with van der Waals surface area (Å²) in [5, 5.41) is 11.5. The fraction of sp³-hybridized carbons (Fsp3) is 0.133. The number of carboxylic acid groups (broad SMARTS) is 1. The molecule has 1 aromatic heterocycles. The standard InChI is InChI=1S/C15H12N2O4/c18-14(9-1-2-10-7-21-8-11(10)5-9)17-12-3-4-16-13(6-12)15(19)20/h1-6H,7-8H2,(H,19,20)(H,16,17,18). The third-order valence-electron chi connectivity index (χ3n) is 3.22. The fourth-order valence-electron chi connectivity index (χ4n) is 2.14. The fourth-order valence-corrected chi connectivity index (χ4v) is 2.14. The molecular formula is C15H12N2O4. The number of benzene rings is 1. The number of nitrogens with zero attached hydrogens (tertiary/aromatic N) is 1. The van der Waals surface area contributed by atoms with Crippen molar-refractivity contribution >= 4 is 17.6 Å². The number of aromatic carboxylic acids is 1. The highest BCUT2D eigenvalue weighted by Gasteiger charge is 2.15. The van der Waals surface area contributed by atoms with Crippen LogP contribution in [0.5, 0.6) is 0 Å². The monoisotopic (exact) mass is 284 g/mol. The molecule has 0 atom stereocenters. The van der Waals surface area contributed by atoms with Crippen LogP contribution in [0.2, 0.25) is 0 Å². The van der Waals surface area contributed by atoms with Crippen LogP contribution in [0.3, 0.4) is 0 Å². The number of pyridine rings is 1. The molecule has 0 aliphatic carbocycles. The molecule has 0 saturated heterocycles. The number of fused-ring (bicyclic) bond motifs is 1. The Hall–Kier alpha value is -2.73. The van der Waals surface area contributed by atoms with Gasteiger partial charge in [-0.15, -0.1) is 0 Å². The van der Waals surface area contributed by atoms with Crippen LogP contribution < -0.4 is 5.32 Å². The van der Waals surface area contributed by atoms with Crippen molar-refractivity contribution in [1.29, 1.82) is 0 Å². The SMILES string of the molecule is O=C(Nc1ccnc(C(=O)O)c1)c1ccc2c(c1)COC2. The van der Waals surface area contributed by atoms with Crippen molar-refractivity contribution in [3.05, 3.63) is 58.9 Å². The van der Waals surface area contributed by atoms with Crippen molar-refractivity contribution in [2.45, 2.75) is 13.2 Å². The average molecular weight is 284 g/mol. The summed E-state index contributed by atoms with van der Waals surface area (Å²) in [5.74, 6) is -1.44. The van der Waals surface area contributed by atoms with Gasteiger partial charge in [-0.05, 0) is 35.4 Å². The van der Waals surface area contributed by atoms with E-state index in [1.165, 1.54) is 12.3 Å². The topological polar surface area (TPSA) is 88.5 Å². The van der Waals surface area contributed by atoms with Crippen LogP contribution in [-0.2, 0) is 18.0 Å². The Labute approximate surface area is 120 Å². The van der Waals surface area contributed by atoms with E-state index in [9.17, 15) is 9.59 Å². The van der Waals surface area contributed by atoms with Crippen molar-refractivity contribution in [3.8, 4) is 0 Å². The quantitative estimate of drug-likeness (QED) is 0.900. The van der Waals surface area contributed by atoms with E-state index in [2.05, 4.69) is 10.3 Å². The Morgan fingerprint density at radius 2 is 1.95 bits per heavy atom. The summed E-state index contributed by atoms with van der Waals surface area (Å²) in [4.78, 5) is 26.7. The lowest BCUT2D eigenvalue weighted by atomic mass is 10.1. The number of ether oxygens (including phenoxy) is 1. The molecule has 3 rings (SSSR count). The summed E-state index contributed by atoms with van der Waals surface area (Å²) in [6.45, 7) is 1.08. The highest BCUT2D eigenvalue weighted by molar-refractivity contribution is 6.04. The molecule has 1 aliphatic heterocycles. The van der Waals surface area contributed by atoms with Gasteiger partial charge in [-0.1, -0.05) is 6.07 Å². The zero-order valence-corrected chi connectivity index (χ0v) is 11.0. The van der Waals surface area contributed by atoms with Gasteiger partial charge in [0.15, 0.2) is 0 Å². The van der Waals surface area contributed by atoms with E-state index in [-0.39, 0.29) is 11.6 Å². The second-order valence-corrected chi connectivity index (χ2v) is 4.67. The van der Waals surface area contributed by atoms with Gasteiger partial charge < -0.3 is 15.2 Å². The van der Waals surface area contributed by atoms with Crippen molar-refractivity contribution in [2.75, 3.05) is 5.32 Å². The van der Waals surface area contributed by atoms with Crippen LogP contribution in [0.25, 0.3) is 0 Å². The lowest BCUT2D eigenvalue weighted by Gasteiger charge is -2.07. The Bertz CT molecular complexity index is 727. The van der Waals surface area contributed by atoms with Gasteiger partial charge in [-0.2, -0.15) is 0 Å². The van der Waals surface area contributed by atoms with Gasteiger partial charge in [0.05, 0.1) is 13.2 Å².